The maximum atomic E-state index is 16.1. The van der Waals surface area contributed by atoms with E-state index >= 15 is 43.2 Å². The van der Waals surface area contributed by atoms with Gasteiger partial charge in [0, 0.05) is 19.6 Å². The van der Waals surface area contributed by atoms with Crippen LogP contribution in [0.3, 0.4) is 0 Å². The van der Waals surface area contributed by atoms with Crippen LogP contribution in [0.25, 0.3) is 0 Å². The van der Waals surface area contributed by atoms with Crippen molar-refractivity contribution >= 4 is 70.9 Å². The van der Waals surface area contributed by atoms with E-state index in [1.54, 1.807) is 109 Å². The molecule has 0 aliphatic heterocycles. The summed E-state index contributed by atoms with van der Waals surface area (Å²) in [5.41, 5.74) is 35.3. The lowest BCUT2D eigenvalue weighted by Crippen LogP contribution is -2.54. The molecule has 29 heteroatoms. The van der Waals surface area contributed by atoms with Crippen LogP contribution in [0.15, 0.2) is 243 Å². The first-order valence-electron chi connectivity index (χ1n) is 46.5. The van der Waals surface area contributed by atoms with Crippen LogP contribution >= 0.6 is 0 Å². The minimum atomic E-state index is -0.854. The average molecular weight is 1820 g/mol. The molecule has 29 nitrogen and oxygen atoms in total. The molecule has 8 aromatic rings. The Balaban J connectivity index is 1.12. The number of amides is 12. The van der Waals surface area contributed by atoms with Crippen LogP contribution in [0.4, 0.5) is 0 Å². The highest BCUT2D eigenvalue weighted by Crippen LogP contribution is 2.32. The second-order valence-electron chi connectivity index (χ2n) is 33.9. The van der Waals surface area contributed by atoms with Crippen LogP contribution in [0.5, 0.6) is 0 Å². The largest absolute Gasteiger partial charge is 0.368 e. The minimum absolute atomic E-state index is 0.0133. The highest BCUT2D eigenvalue weighted by atomic mass is 16.2. The molecule has 0 spiro atoms. The van der Waals surface area contributed by atoms with E-state index < -0.39 is 185 Å². The predicted molar refractivity (Wildman–Crippen MR) is 518 cm³/mol. The van der Waals surface area contributed by atoms with E-state index in [2.05, 4.69) is 5.32 Å². The second-order valence-corrected chi connectivity index (χ2v) is 33.9. The number of rotatable bonds is 56. The molecular formula is C104H139N17O12. The molecule has 712 valence electrons. The SMILES string of the molecule is C[C@@H](c1ccccc1)N(CC(N)=O)C(=O)CN(C(=O)CN(CCCCN)C(=O)CN(C(=O)CN(C(=O)CN(CCCCN)C(=O)CN(C(=O)CN(C(=O)CN(CCCCN)C(=O)CN(C(=O)CN(C(=O)CNCCCCN)[C@@H](C)c1ccccc1)[C@@H](C)c1ccccc1)[C@@H](C)c1ccccc1)[C@@H](C)c1ccccc1)[C@@H](C)c1ccccc1)[C@@H](C)c1ccccc1)[C@@H](C)c1ccccc1. The van der Waals surface area contributed by atoms with Crippen molar-refractivity contribution in [2.24, 2.45) is 28.7 Å². The molecule has 0 aromatic heterocycles. The first kappa shape index (κ1) is 106. The predicted octanol–water partition coefficient (Wildman–Crippen LogP) is 10.2. The summed E-state index contributed by atoms with van der Waals surface area (Å²) in [7, 11) is 0. The molecule has 8 rings (SSSR count). The molecule has 0 heterocycles. The van der Waals surface area contributed by atoms with Gasteiger partial charge in [0.2, 0.25) is 70.9 Å². The summed E-state index contributed by atoms with van der Waals surface area (Å²) in [6, 6.07) is 66.8. The maximum Gasteiger partial charge on any atom is 0.243 e. The Morgan fingerprint density at radius 1 is 0.218 bits per heavy atom. The van der Waals surface area contributed by atoms with Gasteiger partial charge in [0.25, 0.3) is 0 Å². The number of hydrogen-bond acceptors (Lipinski definition) is 17. The molecule has 0 radical (unpaired) electrons. The van der Waals surface area contributed by atoms with Crippen LogP contribution < -0.4 is 34.0 Å². The summed E-state index contributed by atoms with van der Waals surface area (Å²) < 4.78 is 0. The Hall–Kier alpha value is -12.8. The molecule has 0 aliphatic carbocycles. The molecule has 0 fully saturated rings. The van der Waals surface area contributed by atoms with Gasteiger partial charge in [-0.2, -0.15) is 0 Å². The molecular weight excluding hydrogens is 1680 g/mol. The molecule has 0 saturated heterocycles. The Labute approximate surface area is 785 Å². The number of nitrogens with one attached hydrogen (secondary N) is 1. The van der Waals surface area contributed by atoms with Gasteiger partial charge in [0.1, 0.15) is 45.8 Å². The number of benzene rings is 8. The fraction of sp³-hybridized carbons (Fsp3) is 0.423. The van der Waals surface area contributed by atoms with Crippen LogP contribution in [0.1, 0.15) is 200 Å². The van der Waals surface area contributed by atoms with Gasteiger partial charge in [-0.05, 0) is 184 Å². The lowest BCUT2D eigenvalue weighted by molar-refractivity contribution is -0.152. The highest BCUT2D eigenvalue weighted by Gasteiger charge is 2.40. The fourth-order valence-electron chi connectivity index (χ4n) is 16.3. The van der Waals surface area contributed by atoms with Gasteiger partial charge < -0.3 is 87.9 Å². The van der Waals surface area contributed by atoms with E-state index in [1.807, 2.05) is 189 Å². The topological polar surface area (TPSA) is 383 Å². The lowest BCUT2D eigenvalue weighted by atomic mass is 10.0. The number of unbranched alkanes of at least 4 members (excludes halogenated alkanes) is 4. The van der Waals surface area contributed by atoms with Crippen molar-refractivity contribution in [2.75, 3.05) is 131 Å². The molecule has 11 N–H and O–H groups in total. The quantitative estimate of drug-likeness (QED) is 0.0193. The van der Waals surface area contributed by atoms with Gasteiger partial charge in [-0.15, -0.1) is 0 Å². The zero-order chi connectivity index (χ0) is 96.3. The van der Waals surface area contributed by atoms with Gasteiger partial charge in [-0.25, -0.2) is 0 Å². The van der Waals surface area contributed by atoms with Crippen molar-refractivity contribution in [2.45, 2.75) is 155 Å². The number of primary amides is 1. The number of carbonyl (C=O) groups excluding carboxylic acids is 12. The van der Waals surface area contributed by atoms with Crippen molar-refractivity contribution in [3.63, 3.8) is 0 Å². The van der Waals surface area contributed by atoms with Crippen LogP contribution in [-0.4, -0.2) is 256 Å². The summed E-state index contributed by atoms with van der Waals surface area (Å²) in [4.78, 5) is 199. The normalized spacial score (nSPS) is 12.9. The zero-order valence-electron chi connectivity index (χ0n) is 78.7. The van der Waals surface area contributed by atoms with Crippen LogP contribution in [-0.2, 0) is 57.5 Å². The van der Waals surface area contributed by atoms with Gasteiger partial charge in [-0.3, -0.25) is 57.5 Å². The molecule has 0 bridgehead atoms. The van der Waals surface area contributed by atoms with Gasteiger partial charge in [0.15, 0.2) is 0 Å². The van der Waals surface area contributed by atoms with Gasteiger partial charge >= 0.3 is 0 Å². The summed E-state index contributed by atoms with van der Waals surface area (Å²) in [5.74, 6) is -7.34. The van der Waals surface area contributed by atoms with Crippen LogP contribution in [0, 0.1) is 0 Å². The smallest absolute Gasteiger partial charge is 0.243 e. The van der Waals surface area contributed by atoms with Crippen LogP contribution in [0.2, 0.25) is 0 Å². The molecule has 133 heavy (non-hydrogen) atoms. The maximum absolute atomic E-state index is 16.1. The van der Waals surface area contributed by atoms with E-state index in [0.29, 0.717) is 85.0 Å². The third-order valence-corrected chi connectivity index (χ3v) is 24.8. The second kappa shape index (κ2) is 55.5. The van der Waals surface area contributed by atoms with Crippen molar-refractivity contribution in [1.29, 1.82) is 0 Å². The Kier molecular flexibility index (Phi) is 44.1. The van der Waals surface area contributed by atoms with Gasteiger partial charge in [0.05, 0.1) is 81.1 Å². The molecule has 0 aliphatic rings. The number of carbonyl (C=O) groups is 12. The number of nitrogens with two attached hydrogens (primary N) is 5. The molecule has 8 aromatic carbocycles. The van der Waals surface area contributed by atoms with Crippen molar-refractivity contribution in [3.8, 4) is 0 Å². The van der Waals surface area contributed by atoms with E-state index in [1.165, 1.54) is 53.9 Å². The monoisotopic (exact) mass is 1820 g/mol. The fourth-order valence-corrected chi connectivity index (χ4v) is 16.3. The molecule has 0 unspecified atom stereocenters. The average Bonchev–Trinajstić information content (AvgIpc) is 0.817. The molecule has 12 amide bonds. The third kappa shape index (κ3) is 32.3. The van der Waals surface area contributed by atoms with Crippen molar-refractivity contribution < 1.29 is 57.5 Å². The van der Waals surface area contributed by atoms with Gasteiger partial charge in [-0.1, -0.05) is 243 Å². The lowest BCUT2D eigenvalue weighted by Gasteiger charge is -2.38. The number of nitrogens with zero attached hydrogens (tertiary/aromatic N) is 11. The standard InChI is InChI=1S/C104H139N17O12/c1-77(85-41-17-9-18-42-85)114(66-93(109)122)101(130)74-119(82(6)90-51-27-14-28-52-90)98(127)67-111(62-38-34-58-106)96(125)71-117(80(4)88-47-23-12-24-48-88)103(132)76-121(84(8)92-55-31-16-32-56-92)100(129)69-113(64-40-36-60-108)97(126)72-118(81(5)89-49-25-13-26-50-89)104(133)75-120(83(7)91-53-29-15-30-54-91)99(128)68-112(63-39-35-59-107)95(124)70-116(79(3)87-45-21-11-22-46-87)102(131)73-115(78(2)86-43-19-10-20-44-86)94(123)65-110-61-37-33-57-105/h9-32,41-56,77-84,110H,33-40,57-76,105-108H2,1-8H3,(H2,109,122)/t77-,78-,79-,80-,81-,82-,83-,84-/m0/s1. The third-order valence-electron chi connectivity index (χ3n) is 24.8. The summed E-state index contributed by atoms with van der Waals surface area (Å²) in [6.45, 7) is 9.90. The van der Waals surface area contributed by atoms with E-state index in [0.717, 1.165) is 24.0 Å². The summed E-state index contributed by atoms with van der Waals surface area (Å²) in [5, 5.41) is 3.21. The zero-order valence-corrected chi connectivity index (χ0v) is 78.7. The Morgan fingerprint density at radius 2 is 0.383 bits per heavy atom. The van der Waals surface area contributed by atoms with Crippen molar-refractivity contribution in [1.82, 2.24) is 59.2 Å². The summed E-state index contributed by atoms with van der Waals surface area (Å²) in [6.07, 6.45) is 3.88. The highest BCUT2D eigenvalue weighted by molar-refractivity contribution is 5.96. The van der Waals surface area contributed by atoms with E-state index in [9.17, 15) is 14.4 Å². The molecule has 8 atom stereocenters. The first-order chi connectivity index (χ1) is 64.1. The molecule has 0 saturated carbocycles. The van der Waals surface area contributed by atoms with E-state index in [4.69, 9.17) is 28.7 Å². The minimum Gasteiger partial charge on any atom is -0.368 e. The Bertz CT molecular complexity index is 4900. The first-order valence-corrected chi connectivity index (χ1v) is 46.5. The van der Waals surface area contributed by atoms with Crippen molar-refractivity contribution in [3.05, 3.63) is 287 Å². The number of hydrogen-bond donors (Lipinski definition) is 6. The Morgan fingerprint density at radius 3 is 0.571 bits per heavy atom. The van der Waals surface area contributed by atoms with E-state index in [-0.39, 0.29) is 51.7 Å². The summed E-state index contributed by atoms with van der Waals surface area (Å²) >= 11 is 0.